The predicted molar refractivity (Wildman–Crippen MR) is 70.7 cm³/mol. The molecule has 0 aliphatic rings. The van der Waals surface area contributed by atoms with Crippen LogP contribution in [0.25, 0.3) is 0 Å². The zero-order valence-corrected chi connectivity index (χ0v) is 10.9. The summed E-state index contributed by atoms with van der Waals surface area (Å²) in [5, 5.41) is 0. The van der Waals surface area contributed by atoms with Crippen molar-refractivity contribution in [3.05, 3.63) is 53.2 Å². The Morgan fingerprint density at radius 1 is 1.39 bits per heavy atom. The number of aromatic nitrogens is 1. The fourth-order valence-corrected chi connectivity index (χ4v) is 2.00. The normalized spacial score (nSPS) is 11.1. The SMILES string of the molecule is Cc1oc(CN)cc1CN(C)Cc1cccnc1. The molecule has 0 unspecified atom stereocenters. The lowest BCUT2D eigenvalue weighted by Gasteiger charge is -2.15. The van der Waals surface area contributed by atoms with E-state index in [1.165, 1.54) is 11.1 Å². The van der Waals surface area contributed by atoms with Gasteiger partial charge in [0.15, 0.2) is 0 Å². The van der Waals surface area contributed by atoms with E-state index in [4.69, 9.17) is 10.2 Å². The van der Waals surface area contributed by atoms with Gasteiger partial charge in [-0.15, -0.1) is 0 Å². The van der Waals surface area contributed by atoms with Crippen molar-refractivity contribution in [3.8, 4) is 0 Å². The average Bonchev–Trinajstić information content (AvgIpc) is 2.71. The fourth-order valence-electron chi connectivity index (χ4n) is 2.00. The van der Waals surface area contributed by atoms with Gasteiger partial charge in [-0.3, -0.25) is 9.88 Å². The van der Waals surface area contributed by atoms with Gasteiger partial charge in [-0.25, -0.2) is 0 Å². The first-order valence-corrected chi connectivity index (χ1v) is 6.04. The molecule has 0 saturated heterocycles. The smallest absolute Gasteiger partial charge is 0.118 e. The number of aryl methyl sites for hydroxylation is 1. The summed E-state index contributed by atoms with van der Waals surface area (Å²) in [6.07, 6.45) is 3.68. The fraction of sp³-hybridized carbons (Fsp3) is 0.357. The Morgan fingerprint density at radius 2 is 2.22 bits per heavy atom. The molecule has 96 valence electrons. The van der Waals surface area contributed by atoms with Crippen LogP contribution in [0.3, 0.4) is 0 Å². The molecule has 0 aliphatic carbocycles. The highest BCUT2D eigenvalue weighted by atomic mass is 16.3. The molecule has 0 aliphatic heterocycles. The van der Waals surface area contributed by atoms with Crippen LogP contribution in [0.15, 0.2) is 35.0 Å². The Labute approximate surface area is 107 Å². The lowest BCUT2D eigenvalue weighted by atomic mass is 10.2. The van der Waals surface area contributed by atoms with Gasteiger partial charge in [0.1, 0.15) is 11.5 Å². The summed E-state index contributed by atoms with van der Waals surface area (Å²) in [4.78, 5) is 6.35. The third kappa shape index (κ3) is 3.18. The lowest BCUT2D eigenvalue weighted by molar-refractivity contribution is 0.316. The van der Waals surface area contributed by atoms with E-state index in [-0.39, 0.29) is 0 Å². The van der Waals surface area contributed by atoms with Crippen molar-refractivity contribution in [1.82, 2.24) is 9.88 Å². The van der Waals surface area contributed by atoms with Crippen molar-refractivity contribution in [2.45, 2.75) is 26.6 Å². The van der Waals surface area contributed by atoms with Crippen LogP contribution in [0, 0.1) is 6.92 Å². The highest BCUT2D eigenvalue weighted by Gasteiger charge is 2.09. The van der Waals surface area contributed by atoms with Gasteiger partial charge in [0.05, 0.1) is 6.54 Å². The zero-order valence-electron chi connectivity index (χ0n) is 10.9. The van der Waals surface area contributed by atoms with E-state index in [0.29, 0.717) is 6.54 Å². The second-order valence-electron chi connectivity index (χ2n) is 4.53. The highest BCUT2D eigenvalue weighted by molar-refractivity contribution is 5.21. The number of hydrogen-bond donors (Lipinski definition) is 1. The van der Waals surface area contributed by atoms with Crippen LogP contribution in [0.4, 0.5) is 0 Å². The van der Waals surface area contributed by atoms with Gasteiger partial charge in [-0.2, -0.15) is 0 Å². The van der Waals surface area contributed by atoms with Crippen molar-refractivity contribution in [2.24, 2.45) is 5.73 Å². The first kappa shape index (κ1) is 12.8. The van der Waals surface area contributed by atoms with E-state index in [0.717, 1.165) is 24.6 Å². The molecule has 4 heteroatoms. The number of hydrogen-bond acceptors (Lipinski definition) is 4. The first-order valence-electron chi connectivity index (χ1n) is 6.04. The maximum Gasteiger partial charge on any atom is 0.118 e. The standard InChI is InChI=1S/C14H19N3O/c1-11-13(6-14(7-15)18-11)10-17(2)9-12-4-3-5-16-8-12/h3-6,8H,7,9-10,15H2,1-2H3. The van der Waals surface area contributed by atoms with Crippen LogP contribution in [-0.4, -0.2) is 16.9 Å². The summed E-state index contributed by atoms with van der Waals surface area (Å²) in [7, 11) is 2.08. The second-order valence-corrected chi connectivity index (χ2v) is 4.53. The molecule has 2 aromatic heterocycles. The van der Waals surface area contributed by atoms with E-state index >= 15 is 0 Å². The molecular formula is C14H19N3O. The van der Waals surface area contributed by atoms with Crippen LogP contribution in [0.2, 0.25) is 0 Å². The Bertz CT molecular complexity index is 493. The van der Waals surface area contributed by atoms with Crippen LogP contribution in [-0.2, 0) is 19.6 Å². The highest BCUT2D eigenvalue weighted by Crippen LogP contribution is 2.16. The molecular weight excluding hydrogens is 226 g/mol. The summed E-state index contributed by atoms with van der Waals surface area (Å²) in [6, 6.07) is 6.07. The minimum absolute atomic E-state index is 0.452. The Kier molecular flexibility index (Phi) is 4.12. The summed E-state index contributed by atoms with van der Waals surface area (Å²) < 4.78 is 5.55. The van der Waals surface area contributed by atoms with Crippen molar-refractivity contribution in [2.75, 3.05) is 7.05 Å². The van der Waals surface area contributed by atoms with Gasteiger partial charge >= 0.3 is 0 Å². The number of pyridine rings is 1. The summed E-state index contributed by atoms with van der Waals surface area (Å²) in [5.41, 5.74) is 7.98. The Balaban J connectivity index is 1.98. The van der Waals surface area contributed by atoms with Gasteiger partial charge in [0.25, 0.3) is 0 Å². The van der Waals surface area contributed by atoms with Gasteiger partial charge in [-0.1, -0.05) is 6.07 Å². The number of nitrogens with two attached hydrogens (primary N) is 1. The average molecular weight is 245 g/mol. The van der Waals surface area contributed by atoms with Crippen molar-refractivity contribution < 1.29 is 4.42 Å². The molecule has 0 atom stereocenters. The molecule has 0 fully saturated rings. The second kappa shape index (κ2) is 5.80. The molecule has 2 rings (SSSR count). The molecule has 2 N–H and O–H groups in total. The van der Waals surface area contributed by atoms with Gasteiger partial charge in [-0.05, 0) is 31.7 Å². The Morgan fingerprint density at radius 3 is 2.83 bits per heavy atom. The maximum atomic E-state index is 5.57. The summed E-state index contributed by atoms with van der Waals surface area (Å²) >= 11 is 0. The molecule has 4 nitrogen and oxygen atoms in total. The number of furan rings is 1. The number of nitrogens with zero attached hydrogens (tertiary/aromatic N) is 2. The first-order chi connectivity index (χ1) is 8.69. The quantitative estimate of drug-likeness (QED) is 0.876. The van der Waals surface area contributed by atoms with Crippen LogP contribution >= 0.6 is 0 Å². The van der Waals surface area contributed by atoms with Crippen LogP contribution < -0.4 is 5.73 Å². The minimum atomic E-state index is 0.452. The monoisotopic (exact) mass is 245 g/mol. The van der Waals surface area contributed by atoms with E-state index < -0.39 is 0 Å². The van der Waals surface area contributed by atoms with Crippen molar-refractivity contribution in [1.29, 1.82) is 0 Å². The van der Waals surface area contributed by atoms with Crippen molar-refractivity contribution in [3.63, 3.8) is 0 Å². The van der Waals surface area contributed by atoms with E-state index in [1.54, 1.807) is 6.20 Å². The largest absolute Gasteiger partial charge is 0.465 e. The van der Waals surface area contributed by atoms with Crippen LogP contribution in [0.5, 0.6) is 0 Å². The van der Waals surface area contributed by atoms with Crippen LogP contribution in [0.1, 0.15) is 22.6 Å². The maximum absolute atomic E-state index is 5.57. The summed E-state index contributed by atoms with van der Waals surface area (Å²) in [5.74, 6) is 1.80. The lowest BCUT2D eigenvalue weighted by Crippen LogP contribution is -2.17. The minimum Gasteiger partial charge on any atom is -0.465 e. The molecule has 18 heavy (non-hydrogen) atoms. The molecule has 2 aromatic rings. The van der Waals surface area contributed by atoms with E-state index in [1.807, 2.05) is 25.3 Å². The Hall–Kier alpha value is -1.65. The predicted octanol–water partition coefficient (Wildman–Crippen LogP) is 2.07. The summed E-state index contributed by atoms with van der Waals surface area (Å²) in [6.45, 7) is 4.15. The van der Waals surface area contributed by atoms with E-state index in [2.05, 4.69) is 23.0 Å². The van der Waals surface area contributed by atoms with E-state index in [9.17, 15) is 0 Å². The molecule has 0 amide bonds. The molecule has 0 saturated carbocycles. The third-order valence-corrected chi connectivity index (χ3v) is 2.89. The van der Waals surface area contributed by atoms with Gasteiger partial charge in [0, 0.05) is 31.0 Å². The third-order valence-electron chi connectivity index (χ3n) is 2.89. The molecule has 0 aromatic carbocycles. The zero-order chi connectivity index (χ0) is 13.0. The molecule has 0 bridgehead atoms. The molecule has 0 spiro atoms. The topological polar surface area (TPSA) is 55.3 Å². The van der Waals surface area contributed by atoms with Gasteiger partial charge < -0.3 is 10.2 Å². The number of rotatable bonds is 5. The van der Waals surface area contributed by atoms with Gasteiger partial charge in [0.2, 0.25) is 0 Å². The molecule has 0 radical (unpaired) electrons. The molecule has 2 heterocycles. The van der Waals surface area contributed by atoms with Crippen molar-refractivity contribution >= 4 is 0 Å².